The first-order chi connectivity index (χ1) is 14.1. The number of benzene rings is 1. The van der Waals surface area contributed by atoms with Crippen LogP contribution in [0, 0.1) is 0 Å². The molecule has 1 saturated heterocycles. The van der Waals surface area contributed by atoms with E-state index in [4.69, 9.17) is 24.8 Å². The molecule has 0 aliphatic carbocycles. The van der Waals surface area contributed by atoms with Crippen molar-refractivity contribution in [3.8, 4) is 0 Å². The Morgan fingerprint density at radius 2 is 2.04 bits per heavy atom. The lowest BCUT2D eigenvalue weighted by atomic mass is 10.1. The zero-order valence-corrected chi connectivity index (χ0v) is 15.6. The maximum absolute atomic E-state index is 12.4. The second-order valence-electron chi connectivity index (χ2n) is 5.95. The van der Waals surface area contributed by atoms with Gasteiger partial charge in [0.2, 0.25) is 5.96 Å². The Morgan fingerprint density at radius 3 is 2.68 bits per heavy atom. The molecule has 28 heavy (non-hydrogen) atoms. The van der Waals surface area contributed by atoms with Crippen LogP contribution in [0.15, 0.2) is 44.1 Å². The van der Waals surface area contributed by atoms with Crippen LogP contribution in [-0.4, -0.2) is 80.2 Å². The van der Waals surface area contributed by atoms with Crippen molar-refractivity contribution in [1.82, 2.24) is 4.90 Å². The lowest BCUT2D eigenvalue weighted by Gasteiger charge is -2.30. The van der Waals surface area contributed by atoms with Crippen molar-refractivity contribution in [2.75, 3.05) is 6.61 Å². The van der Waals surface area contributed by atoms with Crippen molar-refractivity contribution >= 4 is 46.2 Å². The molecule has 0 aromatic heterocycles. The molecule has 3 aliphatic rings. The van der Waals surface area contributed by atoms with Gasteiger partial charge in [0.1, 0.15) is 18.3 Å². The van der Waals surface area contributed by atoms with Gasteiger partial charge in [0.05, 0.1) is 9.35 Å². The van der Waals surface area contributed by atoms with E-state index in [9.17, 15) is 20.1 Å². The van der Waals surface area contributed by atoms with Gasteiger partial charge in [0.15, 0.2) is 23.2 Å². The third-order valence-corrected chi connectivity index (χ3v) is 5.37. The van der Waals surface area contributed by atoms with Crippen molar-refractivity contribution < 1.29 is 27.6 Å². The second-order valence-corrected chi connectivity index (χ2v) is 7.42. The fourth-order valence-electron chi connectivity index (χ4n) is 2.84. The molecule has 0 radical (unpaired) electrons. The summed E-state index contributed by atoms with van der Waals surface area (Å²) in [4.78, 5) is 25.7. The average Bonchev–Trinajstić information content (AvgIpc) is 3.08. The molecule has 1 fully saturated rings. The second kappa shape index (κ2) is 7.43. The van der Waals surface area contributed by atoms with Crippen LogP contribution in [0.4, 0.5) is 0 Å². The van der Waals surface area contributed by atoms with E-state index in [1.807, 2.05) is 0 Å². The number of ether oxygens (including phenoxy) is 1. The highest BCUT2D eigenvalue weighted by Gasteiger charge is 2.52. The molecule has 1 unspecified atom stereocenters. The van der Waals surface area contributed by atoms with Crippen LogP contribution in [-0.2, 0) is 9.53 Å². The number of hydrogen-bond acceptors (Lipinski definition) is 10. The molecule has 10 nitrogen and oxygen atoms in total. The minimum Gasteiger partial charge on any atom is -0.394 e. The van der Waals surface area contributed by atoms with Crippen LogP contribution in [0.1, 0.15) is 2.74 Å². The first-order valence-corrected chi connectivity index (χ1v) is 9.24. The van der Waals surface area contributed by atoms with Gasteiger partial charge >= 0.3 is 0 Å². The van der Waals surface area contributed by atoms with Gasteiger partial charge in [0.25, 0.3) is 5.91 Å². The summed E-state index contributed by atoms with van der Waals surface area (Å²) in [6.45, 7) is -0.751. The number of fused-ring (bicyclic) bond motifs is 1. The quantitative estimate of drug-likeness (QED) is 0.487. The molecule has 148 valence electrons. The van der Waals surface area contributed by atoms with Crippen LogP contribution >= 0.6 is 23.4 Å². The maximum Gasteiger partial charge on any atom is 0.281 e. The monoisotopic (exact) mass is 427 g/mol. The molecular formula is C16H16ClN5O5S. The van der Waals surface area contributed by atoms with E-state index in [-0.39, 0.29) is 11.0 Å². The van der Waals surface area contributed by atoms with Crippen LogP contribution in [0.5, 0.6) is 0 Å². The topological polar surface area (TPSA) is 153 Å². The Hall–Kier alpha value is -2.02. The number of amidine groups is 2. The number of hydrogen-bond donors (Lipinski definition) is 4. The number of nitrogens with zero attached hydrogens (tertiary/aromatic N) is 4. The molecule has 12 heteroatoms. The maximum atomic E-state index is 12.4. The highest BCUT2D eigenvalue weighted by molar-refractivity contribution is 8.13. The highest BCUT2D eigenvalue weighted by atomic mass is 35.5. The number of guanidine groups is 1. The fourth-order valence-corrected chi connectivity index (χ4v) is 3.88. The molecule has 3 heterocycles. The zero-order chi connectivity index (χ0) is 21.8. The molecule has 0 spiro atoms. The summed E-state index contributed by atoms with van der Waals surface area (Å²) in [6.07, 6.45) is -7.34. The normalized spacial score (nSPS) is 38.4. The minimum absolute atomic E-state index is 0.0164. The molecule has 1 aromatic rings. The van der Waals surface area contributed by atoms with E-state index in [0.29, 0.717) is 9.92 Å². The van der Waals surface area contributed by atoms with E-state index in [2.05, 4.69) is 15.0 Å². The third kappa shape index (κ3) is 3.30. The van der Waals surface area contributed by atoms with Gasteiger partial charge in [-0.15, -0.1) is 0 Å². The number of thioether (sulfide) groups is 1. The Bertz CT molecular complexity index is 991. The Morgan fingerprint density at radius 1 is 1.32 bits per heavy atom. The summed E-state index contributed by atoms with van der Waals surface area (Å²) in [7, 11) is 0. The molecule has 5 N–H and O–H groups in total. The Kier molecular flexibility index (Phi) is 4.48. The third-order valence-electron chi connectivity index (χ3n) is 4.14. The first-order valence-electron chi connectivity index (χ1n) is 9.05. The van der Waals surface area contributed by atoms with Crippen molar-refractivity contribution in [3.05, 3.63) is 29.3 Å². The SMILES string of the molecule is [2H]C12N=C(Sc3ccc(Cl)cc3)N([C@@H]3O[C@H](CO)[C@@]([2H])(O)[C@H]3O)C1=NC(N)=NC2=O. The lowest BCUT2D eigenvalue weighted by molar-refractivity contribution is -0.117. The van der Waals surface area contributed by atoms with E-state index < -0.39 is 49.0 Å². The zero-order valence-electron chi connectivity index (χ0n) is 16.1. The number of aliphatic hydroxyl groups excluding tert-OH is 2. The Balaban J connectivity index is 1.78. The first kappa shape index (κ1) is 16.9. The smallest absolute Gasteiger partial charge is 0.281 e. The number of carbonyl (C=O) groups excluding carboxylic acids is 1. The van der Waals surface area contributed by atoms with Crippen LogP contribution in [0.2, 0.25) is 5.02 Å². The number of nitrogens with two attached hydrogens (primary N) is 1. The average molecular weight is 428 g/mol. The molecular weight excluding hydrogens is 410 g/mol. The number of halogens is 1. The van der Waals surface area contributed by atoms with Crippen LogP contribution < -0.4 is 5.73 Å². The van der Waals surface area contributed by atoms with E-state index >= 15 is 0 Å². The van der Waals surface area contributed by atoms with Gasteiger partial charge in [-0.25, -0.2) is 4.99 Å². The van der Waals surface area contributed by atoms with E-state index in [0.717, 1.165) is 16.7 Å². The van der Waals surface area contributed by atoms with Gasteiger partial charge in [-0.2, -0.15) is 9.98 Å². The summed E-state index contributed by atoms with van der Waals surface area (Å²) in [5, 5.41) is 30.8. The minimum atomic E-state index is -2.55. The number of rotatable bonds is 3. The van der Waals surface area contributed by atoms with E-state index in [1.54, 1.807) is 24.3 Å². The van der Waals surface area contributed by atoms with Crippen molar-refractivity contribution in [3.63, 3.8) is 0 Å². The number of amides is 1. The van der Waals surface area contributed by atoms with Crippen LogP contribution in [0.25, 0.3) is 0 Å². The van der Waals surface area contributed by atoms with Gasteiger partial charge in [-0.05, 0) is 24.3 Å². The summed E-state index contributed by atoms with van der Waals surface area (Å²) in [6, 6.07) is 4.32. The standard InChI is InChI=1S/C16H16ClN5O5S/c17-6-1-3-7(4-2-6)28-16-19-9-12(20-15(18)21-13(9)26)22(16)14-11(25)10(24)8(5-23)27-14/h1-4,8-11,14,23-25H,5H2,(H2,18,21,26)/t8-,9?,10-,11-,14-/m1/s1/i9D,10D. The van der Waals surface area contributed by atoms with Crippen molar-refractivity contribution in [2.24, 2.45) is 20.7 Å². The molecule has 4 rings (SSSR count). The van der Waals surface area contributed by atoms with Gasteiger partial charge in [-0.3, -0.25) is 9.69 Å². The molecule has 5 atom stereocenters. The van der Waals surface area contributed by atoms with Crippen LogP contribution in [0.3, 0.4) is 0 Å². The Labute approximate surface area is 171 Å². The number of aliphatic imine (C=N–C) groups is 3. The number of aliphatic hydroxyl groups is 3. The van der Waals surface area contributed by atoms with Crippen molar-refractivity contribution in [1.29, 1.82) is 0 Å². The molecule has 1 amide bonds. The van der Waals surface area contributed by atoms with E-state index in [1.165, 1.54) is 0 Å². The highest BCUT2D eigenvalue weighted by Crippen LogP contribution is 2.35. The molecule has 0 bridgehead atoms. The van der Waals surface area contributed by atoms with Gasteiger partial charge in [-0.1, -0.05) is 23.4 Å². The van der Waals surface area contributed by atoms with Crippen molar-refractivity contribution in [2.45, 2.75) is 35.4 Å². The van der Waals surface area contributed by atoms with Gasteiger partial charge < -0.3 is 25.8 Å². The molecule has 0 saturated carbocycles. The molecule has 3 aliphatic heterocycles. The summed E-state index contributed by atoms with van der Waals surface area (Å²) >= 11 is 6.91. The number of carbonyl (C=O) groups is 1. The summed E-state index contributed by atoms with van der Waals surface area (Å²) in [5.74, 6) is -1.70. The fraction of sp³-hybridized carbons (Fsp3) is 0.375. The summed E-state index contributed by atoms with van der Waals surface area (Å²) < 4.78 is 22.0. The predicted octanol–water partition coefficient (Wildman–Crippen LogP) is -0.835. The summed E-state index contributed by atoms with van der Waals surface area (Å²) in [5.41, 5.74) is 5.59. The predicted molar refractivity (Wildman–Crippen MR) is 102 cm³/mol. The van der Waals surface area contributed by atoms with Gasteiger partial charge in [0, 0.05) is 9.92 Å². The molecule has 1 aromatic carbocycles. The largest absolute Gasteiger partial charge is 0.394 e. The lowest BCUT2D eigenvalue weighted by Crippen LogP contribution is -2.51.